The number of Topliss-reactive ketones (excluding diaryl/α,β-unsaturated/α-hetero) is 1. The first kappa shape index (κ1) is 18.2. The number of benzene rings is 1. The maximum absolute atomic E-state index is 13.1. The van der Waals surface area contributed by atoms with E-state index >= 15 is 0 Å². The SMILES string of the molecule is COc1ccc(C(C)=O)cc1CC(=O)N1CCC[C@H]1c1nnc2ccccn12. The van der Waals surface area contributed by atoms with Gasteiger partial charge in [0.2, 0.25) is 5.91 Å². The fourth-order valence-corrected chi connectivity index (χ4v) is 3.82. The van der Waals surface area contributed by atoms with Crippen molar-refractivity contribution in [3.63, 3.8) is 0 Å². The van der Waals surface area contributed by atoms with Crippen molar-refractivity contribution in [3.8, 4) is 5.75 Å². The molecule has 1 aromatic carbocycles. The Morgan fingerprint density at radius 3 is 2.86 bits per heavy atom. The zero-order valence-electron chi connectivity index (χ0n) is 16.0. The number of carbonyl (C=O) groups is 2. The number of carbonyl (C=O) groups excluding carboxylic acids is 2. The Morgan fingerprint density at radius 1 is 1.21 bits per heavy atom. The predicted octanol–water partition coefficient (Wildman–Crippen LogP) is 2.85. The molecule has 1 saturated heterocycles. The molecule has 4 rings (SSSR count). The van der Waals surface area contributed by atoms with Crippen LogP contribution in [0.4, 0.5) is 0 Å². The lowest BCUT2D eigenvalue weighted by Gasteiger charge is -2.24. The number of likely N-dealkylation sites (tertiary alicyclic amines) is 1. The molecule has 7 nitrogen and oxygen atoms in total. The van der Waals surface area contributed by atoms with Crippen molar-refractivity contribution in [1.29, 1.82) is 0 Å². The van der Waals surface area contributed by atoms with Gasteiger partial charge in [-0.1, -0.05) is 6.07 Å². The van der Waals surface area contributed by atoms with Gasteiger partial charge in [0.25, 0.3) is 0 Å². The van der Waals surface area contributed by atoms with E-state index in [4.69, 9.17) is 4.74 Å². The molecule has 1 aliphatic rings. The van der Waals surface area contributed by atoms with Crippen molar-refractivity contribution in [2.24, 2.45) is 0 Å². The van der Waals surface area contributed by atoms with Crippen molar-refractivity contribution in [2.45, 2.75) is 32.2 Å². The molecule has 3 heterocycles. The molecule has 0 radical (unpaired) electrons. The van der Waals surface area contributed by atoms with Crippen molar-refractivity contribution in [3.05, 3.63) is 59.5 Å². The molecular weight excluding hydrogens is 356 g/mol. The number of nitrogens with zero attached hydrogens (tertiary/aromatic N) is 4. The number of rotatable bonds is 5. The minimum atomic E-state index is -0.105. The van der Waals surface area contributed by atoms with Gasteiger partial charge in [0.15, 0.2) is 17.3 Å². The Hall–Kier alpha value is -3.22. The highest BCUT2D eigenvalue weighted by Gasteiger charge is 2.33. The molecule has 1 atom stereocenters. The third kappa shape index (κ3) is 3.24. The van der Waals surface area contributed by atoms with Gasteiger partial charge in [-0.25, -0.2) is 0 Å². The van der Waals surface area contributed by atoms with Crippen LogP contribution in [0.3, 0.4) is 0 Å². The zero-order chi connectivity index (χ0) is 19.7. The van der Waals surface area contributed by atoms with Gasteiger partial charge < -0.3 is 9.64 Å². The first-order valence-corrected chi connectivity index (χ1v) is 9.35. The third-order valence-electron chi connectivity index (χ3n) is 5.24. The number of methoxy groups -OCH3 is 1. The minimum absolute atomic E-state index is 0.00539. The highest BCUT2D eigenvalue weighted by atomic mass is 16.5. The molecule has 1 amide bonds. The molecule has 28 heavy (non-hydrogen) atoms. The highest BCUT2D eigenvalue weighted by Crippen LogP contribution is 2.32. The second kappa shape index (κ2) is 7.42. The van der Waals surface area contributed by atoms with E-state index in [1.807, 2.05) is 33.7 Å². The van der Waals surface area contributed by atoms with Crippen LogP contribution in [-0.2, 0) is 11.2 Å². The van der Waals surface area contributed by atoms with Gasteiger partial charge in [-0.05, 0) is 50.1 Å². The van der Waals surface area contributed by atoms with E-state index in [0.717, 1.165) is 29.9 Å². The van der Waals surface area contributed by atoms with Gasteiger partial charge in [0.05, 0.1) is 19.6 Å². The molecular formula is C21H22N4O3. The lowest BCUT2D eigenvalue weighted by molar-refractivity contribution is -0.131. The van der Waals surface area contributed by atoms with Crippen molar-refractivity contribution in [1.82, 2.24) is 19.5 Å². The van der Waals surface area contributed by atoms with E-state index in [-0.39, 0.29) is 24.2 Å². The lowest BCUT2D eigenvalue weighted by atomic mass is 10.0. The Balaban J connectivity index is 1.61. The van der Waals surface area contributed by atoms with E-state index in [1.54, 1.807) is 25.3 Å². The van der Waals surface area contributed by atoms with Crippen LogP contribution in [0.5, 0.6) is 5.75 Å². The van der Waals surface area contributed by atoms with Crippen molar-refractivity contribution in [2.75, 3.05) is 13.7 Å². The normalized spacial score (nSPS) is 16.5. The Labute approximate surface area is 162 Å². The minimum Gasteiger partial charge on any atom is -0.496 e. The predicted molar refractivity (Wildman–Crippen MR) is 103 cm³/mol. The van der Waals surface area contributed by atoms with Gasteiger partial charge in [-0.3, -0.25) is 14.0 Å². The summed E-state index contributed by atoms with van der Waals surface area (Å²) in [5.74, 6) is 1.35. The van der Waals surface area contributed by atoms with Crippen LogP contribution < -0.4 is 4.74 Å². The summed E-state index contributed by atoms with van der Waals surface area (Å²) in [7, 11) is 1.57. The van der Waals surface area contributed by atoms with Crippen LogP contribution >= 0.6 is 0 Å². The largest absolute Gasteiger partial charge is 0.496 e. The first-order chi connectivity index (χ1) is 13.6. The van der Waals surface area contributed by atoms with E-state index in [1.165, 1.54) is 6.92 Å². The van der Waals surface area contributed by atoms with Gasteiger partial charge in [-0.15, -0.1) is 10.2 Å². The number of amides is 1. The van der Waals surface area contributed by atoms with E-state index in [0.29, 0.717) is 17.9 Å². The number of ketones is 1. The quantitative estimate of drug-likeness (QED) is 0.638. The zero-order valence-corrected chi connectivity index (χ0v) is 16.0. The summed E-state index contributed by atoms with van der Waals surface area (Å²) in [4.78, 5) is 26.7. The molecule has 1 aliphatic heterocycles. The third-order valence-corrected chi connectivity index (χ3v) is 5.24. The monoisotopic (exact) mass is 378 g/mol. The fourth-order valence-electron chi connectivity index (χ4n) is 3.82. The Kier molecular flexibility index (Phi) is 4.81. The lowest BCUT2D eigenvalue weighted by Crippen LogP contribution is -2.32. The Morgan fingerprint density at radius 2 is 2.07 bits per heavy atom. The summed E-state index contributed by atoms with van der Waals surface area (Å²) in [6.07, 6.45) is 3.87. The summed E-state index contributed by atoms with van der Waals surface area (Å²) in [5.41, 5.74) is 2.06. The van der Waals surface area contributed by atoms with E-state index in [9.17, 15) is 9.59 Å². The number of hydrogen-bond donors (Lipinski definition) is 0. The molecule has 0 saturated carbocycles. The molecule has 7 heteroatoms. The molecule has 0 spiro atoms. The summed E-state index contributed by atoms with van der Waals surface area (Å²) in [6, 6.07) is 10.8. The van der Waals surface area contributed by atoms with Crippen LogP contribution in [0.1, 0.15) is 47.6 Å². The summed E-state index contributed by atoms with van der Waals surface area (Å²) < 4.78 is 7.33. The second-order valence-corrected chi connectivity index (χ2v) is 6.99. The standard InChI is InChI=1S/C21H22N4O3/c1-14(26)15-8-9-18(28-2)16(12-15)13-20(27)24-11-5-6-17(24)21-23-22-19-7-3-4-10-25(19)21/h3-4,7-10,12,17H,5-6,11,13H2,1-2H3/t17-/m0/s1. The molecule has 0 N–H and O–H groups in total. The number of aromatic nitrogens is 3. The smallest absolute Gasteiger partial charge is 0.227 e. The fraction of sp³-hybridized carbons (Fsp3) is 0.333. The molecule has 2 aromatic heterocycles. The van der Waals surface area contributed by atoms with Gasteiger partial charge in [-0.2, -0.15) is 0 Å². The maximum Gasteiger partial charge on any atom is 0.227 e. The number of hydrogen-bond acceptors (Lipinski definition) is 5. The van der Waals surface area contributed by atoms with Crippen LogP contribution in [-0.4, -0.2) is 44.8 Å². The number of fused-ring (bicyclic) bond motifs is 1. The number of pyridine rings is 1. The van der Waals surface area contributed by atoms with Gasteiger partial charge >= 0.3 is 0 Å². The molecule has 1 fully saturated rings. The first-order valence-electron chi connectivity index (χ1n) is 9.35. The molecule has 0 bridgehead atoms. The van der Waals surface area contributed by atoms with Crippen LogP contribution in [0.15, 0.2) is 42.6 Å². The summed E-state index contributed by atoms with van der Waals surface area (Å²) in [6.45, 7) is 2.19. The number of ether oxygens (including phenoxy) is 1. The molecule has 0 unspecified atom stereocenters. The second-order valence-electron chi connectivity index (χ2n) is 6.99. The maximum atomic E-state index is 13.1. The topological polar surface area (TPSA) is 76.8 Å². The van der Waals surface area contributed by atoms with Gasteiger partial charge in [0.1, 0.15) is 5.75 Å². The average Bonchev–Trinajstić information content (AvgIpc) is 3.34. The Bertz CT molecular complexity index is 1040. The van der Waals surface area contributed by atoms with E-state index < -0.39 is 0 Å². The molecule has 0 aliphatic carbocycles. The van der Waals surface area contributed by atoms with Crippen LogP contribution in [0, 0.1) is 0 Å². The molecule has 144 valence electrons. The van der Waals surface area contributed by atoms with E-state index in [2.05, 4.69) is 10.2 Å². The van der Waals surface area contributed by atoms with Crippen LogP contribution in [0.25, 0.3) is 5.65 Å². The van der Waals surface area contributed by atoms with Crippen molar-refractivity contribution >= 4 is 17.3 Å². The summed E-state index contributed by atoms with van der Waals surface area (Å²) in [5, 5.41) is 8.55. The van der Waals surface area contributed by atoms with Crippen LogP contribution in [0.2, 0.25) is 0 Å². The molecule has 3 aromatic rings. The summed E-state index contributed by atoms with van der Waals surface area (Å²) >= 11 is 0. The van der Waals surface area contributed by atoms with Gasteiger partial charge in [0, 0.05) is 23.9 Å². The van der Waals surface area contributed by atoms with Crippen molar-refractivity contribution < 1.29 is 14.3 Å². The highest BCUT2D eigenvalue weighted by molar-refractivity contribution is 5.94. The average molecular weight is 378 g/mol.